The highest BCUT2D eigenvalue weighted by molar-refractivity contribution is 5.94. The highest BCUT2D eigenvalue weighted by Gasteiger charge is 2.34. The van der Waals surface area contributed by atoms with Gasteiger partial charge in [-0.3, -0.25) is 9.48 Å². The van der Waals surface area contributed by atoms with Gasteiger partial charge in [-0.25, -0.2) is 0 Å². The molecule has 24 heavy (non-hydrogen) atoms. The number of carbonyl (C=O) groups is 1. The van der Waals surface area contributed by atoms with Crippen LogP contribution in [0.2, 0.25) is 0 Å². The van der Waals surface area contributed by atoms with Crippen LogP contribution in [0.4, 0.5) is 13.2 Å². The van der Waals surface area contributed by atoms with E-state index >= 15 is 0 Å². The first-order valence-corrected chi connectivity index (χ1v) is 7.21. The predicted octanol–water partition coefficient (Wildman–Crippen LogP) is 2.90. The molecule has 0 aliphatic rings. The van der Waals surface area contributed by atoms with E-state index < -0.39 is 11.9 Å². The second-order valence-electron chi connectivity index (χ2n) is 5.19. The normalized spacial score (nSPS) is 11.1. The minimum atomic E-state index is -4.46. The molecule has 0 aliphatic heterocycles. The molecule has 0 bridgehead atoms. The van der Waals surface area contributed by atoms with Gasteiger partial charge in [0.25, 0.3) is 5.91 Å². The van der Waals surface area contributed by atoms with Gasteiger partial charge < -0.3 is 5.32 Å². The molecule has 8 heteroatoms. The number of aromatic nitrogens is 2. The molecule has 0 fully saturated rings. The fourth-order valence-electron chi connectivity index (χ4n) is 2.10. The summed E-state index contributed by atoms with van der Waals surface area (Å²) in [6, 6.07) is 9.13. The van der Waals surface area contributed by atoms with Crippen molar-refractivity contribution in [2.45, 2.75) is 26.1 Å². The van der Waals surface area contributed by atoms with Crippen LogP contribution in [-0.2, 0) is 12.7 Å². The number of hydrogen-bond donors (Lipinski definition) is 1. The fraction of sp³-hybridized carbons (Fsp3) is 0.312. The zero-order chi connectivity index (χ0) is 17.7. The smallest absolute Gasteiger partial charge is 0.352 e. The standard InChI is InChI=1S/C16H15F3N4O/c1-11-9-14(16(17,18)19)22-23(11)8-2-7-21-15(24)13-5-3-12(10-20)4-6-13/h3-6,9H,2,7-8H2,1H3,(H,21,24). The highest BCUT2D eigenvalue weighted by atomic mass is 19.4. The summed E-state index contributed by atoms with van der Waals surface area (Å²) in [5.74, 6) is -0.298. The van der Waals surface area contributed by atoms with Gasteiger partial charge in [-0.2, -0.15) is 23.5 Å². The van der Waals surface area contributed by atoms with Gasteiger partial charge in [0, 0.05) is 24.3 Å². The molecule has 1 aromatic heterocycles. The number of rotatable bonds is 5. The maximum atomic E-state index is 12.6. The third-order valence-electron chi connectivity index (χ3n) is 3.38. The van der Waals surface area contributed by atoms with Gasteiger partial charge in [0.15, 0.2) is 5.69 Å². The molecule has 1 aromatic carbocycles. The molecule has 0 atom stereocenters. The van der Waals surface area contributed by atoms with Gasteiger partial charge in [-0.15, -0.1) is 0 Å². The first kappa shape index (κ1) is 17.5. The van der Waals surface area contributed by atoms with E-state index in [2.05, 4.69) is 10.4 Å². The van der Waals surface area contributed by atoms with Crippen LogP contribution < -0.4 is 5.32 Å². The molecule has 5 nitrogen and oxygen atoms in total. The fourth-order valence-corrected chi connectivity index (χ4v) is 2.10. The molecular weight excluding hydrogens is 321 g/mol. The summed E-state index contributed by atoms with van der Waals surface area (Å²) >= 11 is 0. The number of aryl methyl sites for hydroxylation is 2. The van der Waals surface area contributed by atoms with Crippen LogP contribution in [0.25, 0.3) is 0 Å². The number of hydrogen-bond acceptors (Lipinski definition) is 3. The van der Waals surface area contributed by atoms with E-state index in [0.29, 0.717) is 29.8 Å². The Balaban J connectivity index is 1.83. The van der Waals surface area contributed by atoms with Gasteiger partial charge in [-0.05, 0) is 43.7 Å². The zero-order valence-corrected chi connectivity index (χ0v) is 12.9. The van der Waals surface area contributed by atoms with Crippen LogP contribution in [0.15, 0.2) is 30.3 Å². The van der Waals surface area contributed by atoms with E-state index in [-0.39, 0.29) is 12.5 Å². The molecule has 0 unspecified atom stereocenters. The van der Waals surface area contributed by atoms with Crippen molar-refractivity contribution in [1.82, 2.24) is 15.1 Å². The second-order valence-corrected chi connectivity index (χ2v) is 5.19. The molecule has 2 aromatic rings. The van der Waals surface area contributed by atoms with Crippen molar-refractivity contribution >= 4 is 5.91 Å². The van der Waals surface area contributed by atoms with Crippen molar-refractivity contribution in [3.05, 3.63) is 52.8 Å². The Kier molecular flexibility index (Phi) is 5.24. The van der Waals surface area contributed by atoms with Crippen LogP contribution in [0.5, 0.6) is 0 Å². The zero-order valence-electron chi connectivity index (χ0n) is 12.9. The van der Waals surface area contributed by atoms with Crippen molar-refractivity contribution in [3.63, 3.8) is 0 Å². The monoisotopic (exact) mass is 336 g/mol. The second kappa shape index (κ2) is 7.17. The maximum absolute atomic E-state index is 12.6. The van der Waals surface area contributed by atoms with Gasteiger partial charge in [0.2, 0.25) is 0 Å². The van der Waals surface area contributed by atoms with Gasteiger partial charge in [0.05, 0.1) is 11.6 Å². The Bertz CT molecular complexity index is 757. The number of benzene rings is 1. The van der Waals surface area contributed by atoms with E-state index in [1.807, 2.05) is 6.07 Å². The number of carbonyl (C=O) groups excluding carboxylic acids is 1. The Hall–Kier alpha value is -2.82. The highest BCUT2D eigenvalue weighted by Crippen LogP contribution is 2.28. The summed E-state index contributed by atoms with van der Waals surface area (Å²) < 4.78 is 39.0. The van der Waals surface area contributed by atoms with Crippen LogP contribution in [0.3, 0.4) is 0 Å². The Morgan fingerprint density at radius 3 is 2.54 bits per heavy atom. The lowest BCUT2D eigenvalue weighted by Crippen LogP contribution is -2.25. The third-order valence-corrected chi connectivity index (χ3v) is 3.38. The number of alkyl halides is 3. The summed E-state index contributed by atoms with van der Waals surface area (Å²) in [7, 11) is 0. The molecule has 0 saturated carbocycles. The molecule has 1 N–H and O–H groups in total. The van der Waals surface area contributed by atoms with Crippen molar-refractivity contribution < 1.29 is 18.0 Å². The van der Waals surface area contributed by atoms with Crippen molar-refractivity contribution in [2.75, 3.05) is 6.54 Å². The van der Waals surface area contributed by atoms with Crippen molar-refractivity contribution in [2.24, 2.45) is 0 Å². The maximum Gasteiger partial charge on any atom is 0.435 e. The number of nitrogens with one attached hydrogen (secondary N) is 1. The number of nitriles is 1. The Labute approximate surface area is 136 Å². The third kappa shape index (κ3) is 4.35. The lowest BCUT2D eigenvalue weighted by Gasteiger charge is -2.07. The molecular formula is C16H15F3N4O. The van der Waals surface area contributed by atoms with Gasteiger partial charge in [0.1, 0.15) is 0 Å². The minimum Gasteiger partial charge on any atom is -0.352 e. The summed E-state index contributed by atoms with van der Waals surface area (Å²) in [5, 5.41) is 14.9. The SMILES string of the molecule is Cc1cc(C(F)(F)F)nn1CCCNC(=O)c1ccc(C#N)cc1. The minimum absolute atomic E-state index is 0.273. The van der Waals surface area contributed by atoms with Crippen molar-refractivity contribution in [3.8, 4) is 6.07 Å². The molecule has 2 rings (SSSR count). The van der Waals surface area contributed by atoms with Gasteiger partial charge >= 0.3 is 6.18 Å². The van der Waals surface area contributed by atoms with E-state index in [1.165, 1.54) is 4.68 Å². The Morgan fingerprint density at radius 2 is 2.00 bits per heavy atom. The number of amides is 1. The molecule has 0 aliphatic carbocycles. The molecule has 0 saturated heterocycles. The average Bonchev–Trinajstić information content (AvgIpc) is 2.93. The van der Waals surface area contributed by atoms with Crippen LogP contribution >= 0.6 is 0 Å². The molecule has 126 valence electrons. The van der Waals surface area contributed by atoms with E-state index in [0.717, 1.165) is 6.07 Å². The largest absolute Gasteiger partial charge is 0.435 e. The van der Waals surface area contributed by atoms with Crippen LogP contribution in [0, 0.1) is 18.3 Å². The Morgan fingerprint density at radius 1 is 1.33 bits per heavy atom. The average molecular weight is 336 g/mol. The number of nitrogens with zero attached hydrogens (tertiary/aromatic N) is 3. The summed E-state index contributed by atoms with van der Waals surface area (Å²) in [4.78, 5) is 11.9. The first-order chi connectivity index (χ1) is 11.3. The molecule has 0 spiro atoms. The van der Waals surface area contributed by atoms with Gasteiger partial charge in [-0.1, -0.05) is 0 Å². The van der Waals surface area contributed by atoms with Crippen LogP contribution in [0.1, 0.15) is 33.7 Å². The lowest BCUT2D eigenvalue weighted by molar-refractivity contribution is -0.141. The van der Waals surface area contributed by atoms with E-state index in [4.69, 9.17) is 5.26 Å². The van der Waals surface area contributed by atoms with Crippen LogP contribution in [-0.4, -0.2) is 22.2 Å². The first-order valence-electron chi connectivity index (χ1n) is 7.21. The van der Waals surface area contributed by atoms with E-state index in [9.17, 15) is 18.0 Å². The topological polar surface area (TPSA) is 70.7 Å². The molecule has 1 heterocycles. The molecule has 0 radical (unpaired) electrons. The quantitative estimate of drug-likeness (QED) is 0.854. The van der Waals surface area contributed by atoms with Crippen molar-refractivity contribution in [1.29, 1.82) is 5.26 Å². The summed E-state index contributed by atoms with van der Waals surface area (Å²) in [6.07, 6.45) is -4.01. The molecule has 1 amide bonds. The summed E-state index contributed by atoms with van der Waals surface area (Å²) in [6.45, 7) is 2.13. The lowest BCUT2D eigenvalue weighted by atomic mass is 10.1. The number of halogens is 3. The summed E-state index contributed by atoms with van der Waals surface area (Å²) in [5.41, 5.74) is 0.382. The van der Waals surface area contributed by atoms with E-state index in [1.54, 1.807) is 31.2 Å². The predicted molar refractivity (Wildman–Crippen MR) is 80.1 cm³/mol.